The molecule has 6 heteroatoms. The number of hydrazone groups is 1. The number of benzene rings is 1. The van der Waals surface area contributed by atoms with Crippen LogP contribution < -0.4 is 5.43 Å². The highest BCUT2D eigenvalue weighted by Gasteiger charge is 2.06. The highest BCUT2D eigenvalue weighted by Crippen LogP contribution is 2.21. The summed E-state index contributed by atoms with van der Waals surface area (Å²) < 4.78 is 0. The number of thiophene rings is 1. The molecule has 0 saturated carbocycles. The Bertz CT molecular complexity index is 639. The Kier molecular flexibility index (Phi) is 5.17. The lowest BCUT2D eigenvalue weighted by atomic mass is 10.1. The average molecular weight is 327 g/mol. The third-order valence-electron chi connectivity index (χ3n) is 2.58. The van der Waals surface area contributed by atoms with Gasteiger partial charge in [-0.3, -0.25) is 4.79 Å². The fourth-order valence-electron chi connectivity index (χ4n) is 1.60. The monoisotopic (exact) mass is 326 g/mol. The summed E-state index contributed by atoms with van der Waals surface area (Å²) in [7, 11) is 0. The fourth-order valence-corrected chi connectivity index (χ4v) is 2.85. The van der Waals surface area contributed by atoms with Gasteiger partial charge >= 0.3 is 0 Å². The van der Waals surface area contributed by atoms with Crippen LogP contribution in [-0.4, -0.2) is 11.6 Å². The van der Waals surface area contributed by atoms with Gasteiger partial charge in [0.15, 0.2) is 0 Å². The summed E-state index contributed by atoms with van der Waals surface area (Å²) in [6.07, 6.45) is 0.322. The van der Waals surface area contributed by atoms with Gasteiger partial charge in [0.1, 0.15) is 0 Å². The smallest absolute Gasteiger partial charge is 0.245 e. The second-order valence-electron chi connectivity index (χ2n) is 4.11. The van der Waals surface area contributed by atoms with Crippen molar-refractivity contribution in [3.8, 4) is 0 Å². The minimum Gasteiger partial charge on any atom is -0.273 e. The van der Waals surface area contributed by atoms with E-state index in [4.69, 9.17) is 23.2 Å². The van der Waals surface area contributed by atoms with Gasteiger partial charge in [-0.2, -0.15) is 5.10 Å². The van der Waals surface area contributed by atoms with Gasteiger partial charge in [-0.15, -0.1) is 11.3 Å². The van der Waals surface area contributed by atoms with E-state index in [1.54, 1.807) is 36.5 Å². The average Bonchev–Trinajstić information content (AvgIpc) is 2.89. The quantitative estimate of drug-likeness (QED) is 0.665. The molecule has 0 spiro atoms. The van der Waals surface area contributed by atoms with E-state index < -0.39 is 0 Å². The molecule has 0 saturated heterocycles. The fraction of sp³-hybridized carbons (Fsp3) is 0.143. The number of halogens is 2. The molecule has 0 atom stereocenters. The van der Waals surface area contributed by atoms with E-state index in [0.29, 0.717) is 22.2 Å². The summed E-state index contributed by atoms with van der Waals surface area (Å²) >= 11 is 13.5. The summed E-state index contributed by atoms with van der Waals surface area (Å²) in [5.41, 5.74) is 3.90. The third kappa shape index (κ3) is 4.07. The molecule has 0 aliphatic heterocycles. The first-order valence-corrected chi connectivity index (χ1v) is 7.51. The summed E-state index contributed by atoms with van der Waals surface area (Å²) in [5.74, 6) is -0.156. The first kappa shape index (κ1) is 15.0. The molecule has 0 unspecified atom stereocenters. The Morgan fingerprint density at radius 1 is 1.35 bits per heavy atom. The van der Waals surface area contributed by atoms with E-state index in [-0.39, 0.29) is 5.91 Å². The third-order valence-corrected chi connectivity index (χ3v) is 4.01. The molecule has 0 bridgehead atoms. The molecule has 1 aromatic carbocycles. The molecule has 1 amide bonds. The van der Waals surface area contributed by atoms with Crippen molar-refractivity contribution in [3.05, 3.63) is 56.2 Å². The van der Waals surface area contributed by atoms with Gasteiger partial charge in [0.2, 0.25) is 5.91 Å². The topological polar surface area (TPSA) is 41.5 Å². The van der Waals surface area contributed by atoms with Gasteiger partial charge in [0.25, 0.3) is 0 Å². The van der Waals surface area contributed by atoms with Crippen molar-refractivity contribution in [2.75, 3.05) is 0 Å². The molecule has 0 fully saturated rings. The number of nitrogens with zero attached hydrogens (tertiary/aromatic N) is 1. The second kappa shape index (κ2) is 6.88. The van der Waals surface area contributed by atoms with Crippen LogP contribution in [0.25, 0.3) is 0 Å². The molecular formula is C14H12Cl2N2OS. The molecule has 3 nitrogen and oxygen atoms in total. The first-order chi connectivity index (χ1) is 9.56. The number of amides is 1. The molecule has 1 aromatic heterocycles. The summed E-state index contributed by atoms with van der Waals surface area (Å²) in [5, 5.41) is 7.06. The predicted octanol–water partition coefficient (Wildman–Crippen LogP) is 4.14. The van der Waals surface area contributed by atoms with Crippen molar-refractivity contribution in [2.45, 2.75) is 13.3 Å². The Hall–Kier alpha value is -1.36. The van der Waals surface area contributed by atoms with Crippen LogP contribution in [0, 0.1) is 0 Å². The molecular weight excluding hydrogens is 315 g/mol. The number of hydrogen-bond donors (Lipinski definition) is 1. The molecule has 0 aliphatic carbocycles. The molecule has 1 heterocycles. The number of nitrogens with one attached hydrogen (secondary N) is 1. The zero-order chi connectivity index (χ0) is 14.5. The van der Waals surface area contributed by atoms with Crippen molar-refractivity contribution in [1.82, 2.24) is 5.43 Å². The van der Waals surface area contributed by atoms with Crippen LogP contribution in [0.4, 0.5) is 0 Å². The van der Waals surface area contributed by atoms with Crippen LogP contribution >= 0.6 is 34.5 Å². The molecule has 2 aromatic rings. The second-order valence-corrected chi connectivity index (χ2v) is 5.99. The van der Waals surface area contributed by atoms with E-state index in [9.17, 15) is 4.79 Å². The van der Waals surface area contributed by atoms with E-state index in [1.807, 2.05) is 17.5 Å². The Morgan fingerprint density at radius 2 is 2.15 bits per heavy atom. The van der Waals surface area contributed by atoms with E-state index in [1.165, 1.54) is 0 Å². The van der Waals surface area contributed by atoms with Crippen LogP contribution in [0.15, 0.2) is 40.8 Å². The molecule has 1 N–H and O–H groups in total. The van der Waals surface area contributed by atoms with Crippen molar-refractivity contribution in [2.24, 2.45) is 5.10 Å². The SMILES string of the molecule is CC(=NNC(=O)Cc1cccs1)c1ccc(Cl)cc1Cl. The van der Waals surface area contributed by atoms with E-state index in [0.717, 1.165) is 10.4 Å². The lowest BCUT2D eigenvalue weighted by Crippen LogP contribution is -2.20. The minimum absolute atomic E-state index is 0.156. The van der Waals surface area contributed by atoms with Crippen molar-refractivity contribution < 1.29 is 4.79 Å². The standard InChI is InChI=1S/C14H12Cl2N2OS/c1-9(12-5-4-10(15)7-13(12)16)17-18-14(19)8-11-3-2-6-20-11/h2-7H,8H2,1H3,(H,18,19). The summed E-state index contributed by atoms with van der Waals surface area (Å²) in [6, 6.07) is 8.97. The molecule has 0 radical (unpaired) electrons. The minimum atomic E-state index is -0.156. The van der Waals surface area contributed by atoms with Crippen molar-refractivity contribution in [1.29, 1.82) is 0 Å². The maximum atomic E-state index is 11.7. The molecule has 2 rings (SSSR count). The summed E-state index contributed by atoms with van der Waals surface area (Å²) in [4.78, 5) is 12.7. The van der Waals surface area contributed by atoms with Gasteiger partial charge in [-0.25, -0.2) is 5.43 Å². The highest BCUT2D eigenvalue weighted by molar-refractivity contribution is 7.10. The first-order valence-electron chi connectivity index (χ1n) is 5.87. The maximum absolute atomic E-state index is 11.7. The highest BCUT2D eigenvalue weighted by atomic mass is 35.5. The lowest BCUT2D eigenvalue weighted by molar-refractivity contribution is -0.120. The van der Waals surface area contributed by atoms with Crippen LogP contribution in [0.2, 0.25) is 10.0 Å². The van der Waals surface area contributed by atoms with Gasteiger partial charge in [0.05, 0.1) is 17.2 Å². The normalized spacial score (nSPS) is 11.4. The Balaban J connectivity index is 2.01. The molecule has 20 heavy (non-hydrogen) atoms. The number of hydrogen-bond acceptors (Lipinski definition) is 3. The maximum Gasteiger partial charge on any atom is 0.245 e. The zero-order valence-electron chi connectivity index (χ0n) is 10.7. The van der Waals surface area contributed by atoms with Gasteiger partial charge < -0.3 is 0 Å². The zero-order valence-corrected chi connectivity index (χ0v) is 13.0. The van der Waals surface area contributed by atoms with Crippen LogP contribution in [0.3, 0.4) is 0 Å². The van der Waals surface area contributed by atoms with E-state index >= 15 is 0 Å². The van der Waals surface area contributed by atoms with Crippen LogP contribution in [0.1, 0.15) is 17.4 Å². The van der Waals surface area contributed by atoms with Crippen molar-refractivity contribution in [3.63, 3.8) is 0 Å². The largest absolute Gasteiger partial charge is 0.273 e. The lowest BCUT2D eigenvalue weighted by Gasteiger charge is -2.05. The van der Waals surface area contributed by atoms with Crippen LogP contribution in [0.5, 0.6) is 0 Å². The van der Waals surface area contributed by atoms with Gasteiger partial charge in [-0.05, 0) is 30.5 Å². The molecule has 0 aliphatic rings. The van der Waals surface area contributed by atoms with E-state index in [2.05, 4.69) is 10.5 Å². The number of rotatable bonds is 4. The van der Waals surface area contributed by atoms with Crippen molar-refractivity contribution >= 4 is 46.2 Å². The predicted molar refractivity (Wildman–Crippen MR) is 84.8 cm³/mol. The van der Waals surface area contributed by atoms with Crippen LogP contribution in [-0.2, 0) is 11.2 Å². The Morgan fingerprint density at radius 3 is 2.80 bits per heavy atom. The number of carbonyl (C=O) groups excluding carboxylic acids is 1. The number of carbonyl (C=O) groups is 1. The van der Waals surface area contributed by atoms with Gasteiger partial charge in [-0.1, -0.05) is 35.3 Å². The molecule has 104 valence electrons. The Labute approximate surface area is 131 Å². The van der Waals surface area contributed by atoms with Gasteiger partial charge in [0, 0.05) is 15.5 Å². The summed E-state index contributed by atoms with van der Waals surface area (Å²) in [6.45, 7) is 1.78.